The van der Waals surface area contributed by atoms with Crippen LogP contribution in [0.5, 0.6) is 0 Å². The van der Waals surface area contributed by atoms with Gasteiger partial charge in [-0.05, 0) is 167 Å². The summed E-state index contributed by atoms with van der Waals surface area (Å²) in [5.41, 5.74) is 28.1. The van der Waals surface area contributed by atoms with Crippen LogP contribution in [0, 0.1) is 20.8 Å². The van der Waals surface area contributed by atoms with Crippen LogP contribution in [0.15, 0.2) is 84.9 Å². The maximum Gasteiger partial charge on any atom is 0.227 e. The molecule has 3 heterocycles. The highest BCUT2D eigenvalue weighted by Gasteiger charge is 2.49. The van der Waals surface area contributed by atoms with Gasteiger partial charge in [0.25, 0.3) is 0 Å². The Labute approximate surface area is 348 Å². The number of fused-ring (bicyclic) bond motifs is 10. The van der Waals surface area contributed by atoms with Crippen molar-refractivity contribution in [3.8, 4) is 39.1 Å². The molecule has 292 valence electrons. The van der Waals surface area contributed by atoms with Gasteiger partial charge in [-0.3, -0.25) is 0 Å². The van der Waals surface area contributed by atoms with E-state index in [1.165, 1.54) is 122 Å². The highest BCUT2D eigenvalue weighted by molar-refractivity contribution is 6.91. The molecule has 10 rings (SSSR count). The summed E-state index contributed by atoms with van der Waals surface area (Å²) < 4.78 is 2.69. The third-order valence-electron chi connectivity index (χ3n) is 14.2. The molecule has 0 saturated heterocycles. The monoisotopic (exact) mass is 757 g/mol. The largest absolute Gasteiger partial charge is 0.310 e. The molecule has 2 aliphatic heterocycles. The summed E-state index contributed by atoms with van der Waals surface area (Å²) in [7, 11) is 0. The van der Waals surface area contributed by atoms with Gasteiger partial charge in [-0.1, -0.05) is 143 Å². The molecule has 0 saturated carbocycles. The fraction of sp³-hybridized carbons (Fsp3) is 0.357. The minimum Gasteiger partial charge on any atom is -0.310 e. The molecule has 0 bridgehead atoms. The van der Waals surface area contributed by atoms with E-state index in [1.807, 2.05) is 0 Å². The predicted molar refractivity (Wildman–Crippen MR) is 253 cm³/mol. The van der Waals surface area contributed by atoms with Gasteiger partial charge in [-0.25, -0.2) is 0 Å². The Morgan fingerprint density at radius 3 is 1.66 bits per heavy atom. The van der Waals surface area contributed by atoms with Crippen molar-refractivity contribution in [2.75, 3.05) is 0 Å². The van der Waals surface area contributed by atoms with E-state index in [1.54, 1.807) is 0 Å². The molecule has 1 atom stereocenters. The van der Waals surface area contributed by atoms with Crippen molar-refractivity contribution in [3.05, 3.63) is 135 Å². The Balaban J connectivity index is 1.43. The molecule has 1 nitrogen and oxygen atoms in total. The van der Waals surface area contributed by atoms with Gasteiger partial charge in [0.15, 0.2) is 0 Å². The van der Waals surface area contributed by atoms with E-state index in [0.29, 0.717) is 0 Å². The van der Waals surface area contributed by atoms with Gasteiger partial charge in [-0.15, -0.1) is 0 Å². The molecule has 0 amide bonds. The van der Waals surface area contributed by atoms with Crippen LogP contribution in [0.2, 0.25) is 0 Å². The quantitative estimate of drug-likeness (QED) is 0.147. The van der Waals surface area contributed by atoms with E-state index in [0.717, 1.165) is 0 Å². The van der Waals surface area contributed by atoms with E-state index in [9.17, 15) is 0 Å². The van der Waals surface area contributed by atoms with E-state index >= 15 is 0 Å². The molecule has 2 heteroatoms. The minimum atomic E-state index is -0.0112. The van der Waals surface area contributed by atoms with Crippen molar-refractivity contribution in [1.29, 1.82) is 0 Å². The van der Waals surface area contributed by atoms with Gasteiger partial charge >= 0.3 is 0 Å². The summed E-state index contributed by atoms with van der Waals surface area (Å²) in [6, 6.07) is 35.1. The lowest BCUT2D eigenvalue weighted by Gasteiger charge is -2.39. The first kappa shape index (κ1) is 37.5. The zero-order valence-corrected chi connectivity index (χ0v) is 37.7. The number of rotatable bonds is 1. The average molecular weight is 758 g/mol. The van der Waals surface area contributed by atoms with E-state index in [2.05, 4.69) is 193 Å². The van der Waals surface area contributed by atoms with E-state index in [4.69, 9.17) is 0 Å². The summed E-state index contributed by atoms with van der Waals surface area (Å²) in [5.74, 6) is 0.221. The zero-order chi connectivity index (χ0) is 41.3. The number of benzene rings is 6. The minimum absolute atomic E-state index is 0.00810. The normalized spacial score (nSPS) is 15.6. The van der Waals surface area contributed by atoms with Crippen molar-refractivity contribution >= 4 is 39.4 Å². The standard InChI is InChI=1S/C56H60BN/c1-30-20-31(2)48(32(3)21-30)33-22-43-42-27-36(55(10,11)12)26-41-39-24-34(53(4,5)6)16-18-38(39)51(49(41)42)57-45-29-37(56(13,14)15)28-44-40-25-35(54(7,8)9)17-19-46(40)58(52(44)45)47(23-33)50(43)57/h16-29,51H,1-15H3. The van der Waals surface area contributed by atoms with Crippen LogP contribution in [0.25, 0.3) is 60.9 Å². The van der Waals surface area contributed by atoms with Gasteiger partial charge in [0.1, 0.15) is 0 Å². The lowest BCUT2D eigenvalue weighted by molar-refractivity contribution is 0.589. The molecular formula is C56H60BN. The maximum absolute atomic E-state index is 2.69. The molecule has 1 aliphatic carbocycles. The molecule has 3 aliphatic rings. The van der Waals surface area contributed by atoms with Gasteiger partial charge in [0.05, 0.1) is 5.52 Å². The van der Waals surface area contributed by atoms with Crippen LogP contribution in [0.4, 0.5) is 0 Å². The first-order chi connectivity index (χ1) is 27.0. The van der Waals surface area contributed by atoms with Crippen molar-refractivity contribution < 1.29 is 0 Å². The molecule has 0 N–H and O–H groups in total. The molecule has 0 radical (unpaired) electrons. The molecule has 6 aromatic carbocycles. The van der Waals surface area contributed by atoms with Crippen LogP contribution >= 0.6 is 0 Å². The van der Waals surface area contributed by atoms with Gasteiger partial charge in [0.2, 0.25) is 6.71 Å². The Kier molecular flexibility index (Phi) is 7.54. The molecular weight excluding hydrogens is 697 g/mol. The predicted octanol–water partition coefficient (Wildman–Crippen LogP) is 13.8. The fourth-order valence-corrected chi connectivity index (χ4v) is 11.1. The van der Waals surface area contributed by atoms with Crippen molar-refractivity contribution in [2.45, 2.75) is 131 Å². The number of hydrogen-bond acceptors (Lipinski definition) is 0. The van der Waals surface area contributed by atoms with Crippen LogP contribution in [0.3, 0.4) is 0 Å². The smallest absolute Gasteiger partial charge is 0.227 e. The molecule has 1 unspecified atom stereocenters. The Hall–Kier alpha value is -4.82. The lowest BCUT2D eigenvalue weighted by Crippen LogP contribution is -2.55. The topological polar surface area (TPSA) is 4.93 Å². The Morgan fingerprint density at radius 2 is 1.03 bits per heavy atom. The fourth-order valence-electron chi connectivity index (χ4n) is 11.1. The second kappa shape index (κ2) is 11.7. The number of aryl methyl sites for hydroxylation is 3. The number of aromatic nitrogens is 1. The van der Waals surface area contributed by atoms with E-state index < -0.39 is 0 Å². The van der Waals surface area contributed by atoms with Gasteiger partial charge in [-0.2, -0.15) is 0 Å². The van der Waals surface area contributed by atoms with Crippen molar-refractivity contribution in [2.24, 2.45) is 0 Å². The summed E-state index contributed by atoms with van der Waals surface area (Å²) in [6.07, 6.45) is 0. The molecule has 0 spiro atoms. The van der Waals surface area contributed by atoms with Crippen molar-refractivity contribution in [1.82, 2.24) is 4.57 Å². The van der Waals surface area contributed by atoms with Crippen LogP contribution in [-0.2, 0) is 21.7 Å². The average Bonchev–Trinajstić information content (AvgIpc) is 3.62. The van der Waals surface area contributed by atoms with Crippen molar-refractivity contribution in [3.63, 3.8) is 0 Å². The van der Waals surface area contributed by atoms with Gasteiger partial charge < -0.3 is 4.57 Å². The molecule has 7 aromatic rings. The SMILES string of the molecule is Cc1cc(C)c(-c2cc3c4c(c2)-n2c5ccc(C(C)(C)C)cc5c5cc(C(C)(C)C)cc(c52)B4C2c4ccc(C(C)(C)C)cc4-c4cc(C(C)(C)C)cc-3c42)c(C)c1. The Bertz CT molecular complexity index is 2930. The van der Waals surface area contributed by atoms with E-state index in [-0.39, 0.29) is 34.2 Å². The van der Waals surface area contributed by atoms with Crippen LogP contribution in [0.1, 0.15) is 139 Å². The second-order valence-corrected chi connectivity index (χ2v) is 22.5. The Morgan fingerprint density at radius 1 is 0.500 bits per heavy atom. The summed E-state index contributed by atoms with van der Waals surface area (Å²) in [6.45, 7) is 35.5. The zero-order valence-electron chi connectivity index (χ0n) is 37.7. The molecule has 1 aromatic heterocycles. The summed E-state index contributed by atoms with van der Waals surface area (Å²) >= 11 is 0. The van der Waals surface area contributed by atoms with Crippen LogP contribution < -0.4 is 10.9 Å². The highest BCUT2D eigenvalue weighted by atomic mass is 15.0. The number of hydrogen-bond donors (Lipinski definition) is 0. The lowest BCUT2D eigenvalue weighted by atomic mass is 9.28. The summed E-state index contributed by atoms with van der Waals surface area (Å²) in [5, 5.41) is 2.75. The molecule has 58 heavy (non-hydrogen) atoms. The number of nitrogens with zero attached hydrogens (tertiary/aromatic N) is 1. The third kappa shape index (κ3) is 5.22. The van der Waals surface area contributed by atoms with Gasteiger partial charge in [0, 0.05) is 22.0 Å². The maximum atomic E-state index is 2.69. The second-order valence-electron chi connectivity index (χ2n) is 22.5. The third-order valence-corrected chi connectivity index (χ3v) is 14.2. The summed E-state index contributed by atoms with van der Waals surface area (Å²) in [4.78, 5) is 0. The van der Waals surface area contributed by atoms with Crippen LogP contribution in [-0.4, -0.2) is 11.3 Å². The highest BCUT2D eigenvalue weighted by Crippen LogP contribution is 2.56. The molecule has 0 fully saturated rings. The first-order valence-corrected chi connectivity index (χ1v) is 21.8. The first-order valence-electron chi connectivity index (χ1n) is 21.8.